The number of hydrogen-bond donors (Lipinski definition) is 2. The summed E-state index contributed by atoms with van der Waals surface area (Å²) >= 11 is 0. The van der Waals surface area contributed by atoms with Gasteiger partial charge in [-0.15, -0.1) is 0 Å². The molecular formula is C13H16O6. The second-order valence-corrected chi connectivity index (χ2v) is 4.12. The van der Waals surface area contributed by atoms with Gasteiger partial charge in [0.15, 0.2) is 11.5 Å². The molecule has 0 spiro atoms. The van der Waals surface area contributed by atoms with Crippen molar-refractivity contribution in [1.82, 2.24) is 0 Å². The number of methoxy groups -OCH3 is 2. The molecule has 1 aromatic carbocycles. The van der Waals surface area contributed by atoms with Gasteiger partial charge in [0.25, 0.3) is 0 Å². The summed E-state index contributed by atoms with van der Waals surface area (Å²) in [7, 11) is 2.82. The normalized spacial score (nSPS) is 11.7. The Kier molecular flexibility index (Phi) is 4.74. The van der Waals surface area contributed by atoms with Gasteiger partial charge in [-0.1, -0.05) is 6.92 Å². The average molecular weight is 268 g/mol. The molecule has 0 saturated carbocycles. The number of aromatic carboxylic acids is 1. The van der Waals surface area contributed by atoms with Crippen LogP contribution in [0.3, 0.4) is 0 Å². The van der Waals surface area contributed by atoms with E-state index in [0.29, 0.717) is 11.3 Å². The zero-order valence-corrected chi connectivity index (χ0v) is 11.0. The largest absolute Gasteiger partial charge is 0.493 e. The lowest BCUT2D eigenvalue weighted by molar-refractivity contribution is -0.141. The summed E-state index contributed by atoms with van der Waals surface area (Å²) in [6.45, 7) is 1.54. The molecule has 1 atom stereocenters. The number of carboxylic acid groups (broad SMARTS) is 2. The van der Waals surface area contributed by atoms with E-state index in [9.17, 15) is 9.59 Å². The Balaban J connectivity index is 3.29. The van der Waals surface area contributed by atoms with Gasteiger partial charge in [-0.25, -0.2) is 4.79 Å². The minimum absolute atomic E-state index is 0.0326. The van der Waals surface area contributed by atoms with E-state index in [0.717, 1.165) is 0 Å². The van der Waals surface area contributed by atoms with Crippen LogP contribution in [-0.4, -0.2) is 36.4 Å². The van der Waals surface area contributed by atoms with Crippen molar-refractivity contribution in [3.05, 3.63) is 23.3 Å². The molecule has 2 N–H and O–H groups in total. The summed E-state index contributed by atoms with van der Waals surface area (Å²) in [4.78, 5) is 21.9. The highest BCUT2D eigenvalue weighted by molar-refractivity contribution is 5.89. The molecule has 6 heteroatoms. The molecule has 0 fully saturated rings. The summed E-state index contributed by atoms with van der Waals surface area (Å²) in [5.41, 5.74) is 0.527. The first-order valence-electron chi connectivity index (χ1n) is 5.61. The second-order valence-electron chi connectivity index (χ2n) is 4.12. The number of carbonyl (C=O) groups is 2. The van der Waals surface area contributed by atoms with Crippen LogP contribution in [0, 0.1) is 5.92 Å². The van der Waals surface area contributed by atoms with E-state index in [1.54, 1.807) is 6.92 Å². The SMILES string of the molecule is COc1cc(C(=O)O)cc(CC(C)C(=O)O)c1OC. The first-order valence-corrected chi connectivity index (χ1v) is 5.61. The maximum Gasteiger partial charge on any atom is 0.335 e. The highest BCUT2D eigenvalue weighted by Crippen LogP contribution is 2.34. The van der Waals surface area contributed by atoms with Gasteiger partial charge in [-0.3, -0.25) is 4.79 Å². The predicted molar refractivity (Wildman–Crippen MR) is 67.0 cm³/mol. The fourth-order valence-electron chi connectivity index (χ4n) is 1.74. The summed E-state index contributed by atoms with van der Waals surface area (Å²) in [6, 6.07) is 2.75. The molecule has 0 aliphatic rings. The lowest BCUT2D eigenvalue weighted by Crippen LogP contribution is -2.13. The Bertz CT molecular complexity index is 494. The van der Waals surface area contributed by atoms with E-state index in [4.69, 9.17) is 19.7 Å². The van der Waals surface area contributed by atoms with E-state index in [1.165, 1.54) is 26.4 Å². The summed E-state index contributed by atoms with van der Waals surface area (Å²) in [6.07, 6.45) is 0.163. The molecule has 0 bridgehead atoms. The van der Waals surface area contributed by atoms with Crippen LogP contribution in [0.15, 0.2) is 12.1 Å². The monoisotopic (exact) mass is 268 g/mol. The first kappa shape index (κ1) is 14.8. The van der Waals surface area contributed by atoms with Crippen LogP contribution in [0.5, 0.6) is 11.5 Å². The number of benzene rings is 1. The summed E-state index contributed by atoms with van der Waals surface area (Å²) in [5.74, 6) is -2.08. The molecule has 0 aliphatic carbocycles. The lowest BCUT2D eigenvalue weighted by atomic mass is 9.98. The molecule has 6 nitrogen and oxygen atoms in total. The highest BCUT2D eigenvalue weighted by Gasteiger charge is 2.20. The predicted octanol–water partition coefficient (Wildman–Crippen LogP) is 1.67. The first-order chi connectivity index (χ1) is 8.90. The van der Waals surface area contributed by atoms with Crippen molar-refractivity contribution >= 4 is 11.9 Å². The Morgan fingerprint density at radius 1 is 1.21 bits per heavy atom. The van der Waals surface area contributed by atoms with Gasteiger partial charge in [0.2, 0.25) is 0 Å². The van der Waals surface area contributed by atoms with Crippen LogP contribution >= 0.6 is 0 Å². The number of rotatable bonds is 6. The van der Waals surface area contributed by atoms with Gasteiger partial charge in [-0.05, 0) is 24.1 Å². The zero-order chi connectivity index (χ0) is 14.6. The lowest BCUT2D eigenvalue weighted by Gasteiger charge is -2.15. The molecule has 0 radical (unpaired) electrons. The molecular weight excluding hydrogens is 252 g/mol. The molecule has 0 aliphatic heterocycles. The van der Waals surface area contributed by atoms with Crippen molar-refractivity contribution in [3.63, 3.8) is 0 Å². The number of ether oxygens (including phenoxy) is 2. The quantitative estimate of drug-likeness (QED) is 0.815. The number of carboxylic acids is 2. The Labute approximate surface area is 110 Å². The Morgan fingerprint density at radius 2 is 1.84 bits per heavy atom. The van der Waals surface area contributed by atoms with Gasteiger partial charge >= 0.3 is 11.9 Å². The third-order valence-electron chi connectivity index (χ3n) is 2.75. The standard InChI is InChI=1S/C13H16O6/c1-7(12(14)15)4-8-5-9(13(16)17)6-10(18-2)11(8)19-3/h5-7H,4H2,1-3H3,(H,14,15)(H,16,17). The molecule has 0 saturated heterocycles. The van der Waals surface area contributed by atoms with E-state index < -0.39 is 17.9 Å². The van der Waals surface area contributed by atoms with Crippen LogP contribution in [0.25, 0.3) is 0 Å². The van der Waals surface area contributed by atoms with E-state index in [1.807, 2.05) is 0 Å². The van der Waals surface area contributed by atoms with Crippen molar-refractivity contribution in [2.75, 3.05) is 14.2 Å². The van der Waals surface area contributed by atoms with Crippen LogP contribution in [0.4, 0.5) is 0 Å². The van der Waals surface area contributed by atoms with Crippen LogP contribution in [0.2, 0.25) is 0 Å². The minimum Gasteiger partial charge on any atom is -0.493 e. The summed E-state index contributed by atoms with van der Waals surface area (Å²) in [5, 5.41) is 17.9. The maximum absolute atomic E-state index is 11.0. The third-order valence-corrected chi connectivity index (χ3v) is 2.75. The van der Waals surface area contributed by atoms with Gasteiger partial charge in [-0.2, -0.15) is 0 Å². The van der Waals surface area contributed by atoms with Crippen molar-refractivity contribution in [3.8, 4) is 11.5 Å². The molecule has 0 heterocycles. The van der Waals surface area contributed by atoms with Gasteiger partial charge in [0, 0.05) is 0 Å². The smallest absolute Gasteiger partial charge is 0.335 e. The number of hydrogen-bond acceptors (Lipinski definition) is 4. The minimum atomic E-state index is -1.11. The zero-order valence-electron chi connectivity index (χ0n) is 11.0. The van der Waals surface area contributed by atoms with Crippen molar-refractivity contribution in [2.24, 2.45) is 5.92 Å². The third kappa shape index (κ3) is 3.37. The van der Waals surface area contributed by atoms with Crippen molar-refractivity contribution in [1.29, 1.82) is 0 Å². The van der Waals surface area contributed by atoms with Crippen LogP contribution in [0.1, 0.15) is 22.8 Å². The molecule has 1 unspecified atom stereocenters. The van der Waals surface area contributed by atoms with E-state index in [-0.39, 0.29) is 17.7 Å². The Hall–Kier alpha value is -2.24. The Morgan fingerprint density at radius 3 is 2.26 bits per heavy atom. The fraction of sp³-hybridized carbons (Fsp3) is 0.385. The topological polar surface area (TPSA) is 93.1 Å². The number of aliphatic carboxylic acids is 1. The summed E-state index contributed by atoms with van der Waals surface area (Å²) < 4.78 is 10.2. The second kappa shape index (κ2) is 6.08. The van der Waals surface area contributed by atoms with Gasteiger partial charge in [0.05, 0.1) is 25.7 Å². The van der Waals surface area contributed by atoms with Crippen LogP contribution < -0.4 is 9.47 Å². The van der Waals surface area contributed by atoms with Crippen LogP contribution in [-0.2, 0) is 11.2 Å². The molecule has 19 heavy (non-hydrogen) atoms. The average Bonchev–Trinajstić information content (AvgIpc) is 2.37. The van der Waals surface area contributed by atoms with E-state index in [2.05, 4.69) is 0 Å². The molecule has 104 valence electrons. The molecule has 1 aromatic rings. The fourth-order valence-corrected chi connectivity index (χ4v) is 1.74. The molecule has 1 rings (SSSR count). The highest BCUT2D eigenvalue weighted by atomic mass is 16.5. The maximum atomic E-state index is 11.0. The van der Waals surface area contributed by atoms with Crippen molar-refractivity contribution < 1.29 is 29.3 Å². The van der Waals surface area contributed by atoms with Gasteiger partial charge in [0.1, 0.15) is 0 Å². The van der Waals surface area contributed by atoms with E-state index >= 15 is 0 Å². The molecule has 0 aromatic heterocycles. The van der Waals surface area contributed by atoms with Gasteiger partial charge < -0.3 is 19.7 Å². The van der Waals surface area contributed by atoms with Crippen molar-refractivity contribution in [2.45, 2.75) is 13.3 Å². The molecule has 0 amide bonds.